The van der Waals surface area contributed by atoms with E-state index in [9.17, 15) is 0 Å². The zero-order valence-corrected chi connectivity index (χ0v) is 13.4. The number of rotatable bonds is 1. The number of nitrogens with zero attached hydrogens (tertiary/aromatic N) is 1. The zero-order chi connectivity index (χ0) is 15.1. The van der Waals surface area contributed by atoms with Crippen molar-refractivity contribution >= 4 is 6.21 Å². The second kappa shape index (κ2) is 8.05. The predicted molar refractivity (Wildman–Crippen MR) is 91.0 cm³/mol. The van der Waals surface area contributed by atoms with Gasteiger partial charge in [-0.3, -0.25) is 4.99 Å². The van der Waals surface area contributed by atoms with E-state index in [-0.39, 0.29) is 0 Å². The molecule has 0 aromatic heterocycles. The smallest absolute Gasteiger partial charge is 0.0697 e. The van der Waals surface area contributed by atoms with E-state index in [4.69, 9.17) is 0 Å². The van der Waals surface area contributed by atoms with Crippen LogP contribution in [-0.2, 0) is 0 Å². The second-order valence-corrected chi connectivity index (χ2v) is 6.57. The Kier molecular flexibility index (Phi) is 6.07. The van der Waals surface area contributed by atoms with Crippen LogP contribution in [0.2, 0.25) is 0 Å². The maximum Gasteiger partial charge on any atom is 0.0697 e. The molecule has 0 spiro atoms. The van der Waals surface area contributed by atoms with Crippen LogP contribution < -0.4 is 5.32 Å². The summed E-state index contributed by atoms with van der Waals surface area (Å²) in [4.78, 5) is 4.26. The molecule has 0 amide bonds. The van der Waals surface area contributed by atoms with Gasteiger partial charge in [0.15, 0.2) is 0 Å². The minimum Gasteiger partial charge on any atom is -0.361 e. The molecule has 0 radical (unpaired) electrons. The fourth-order valence-electron chi connectivity index (χ4n) is 3.22. The summed E-state index contributed by atoms with van der Waals surface area (Å²) in [5.41, 5.74) is 5.90. The molecule has 1 saturated carbocycles. The highest BCUT2D eigenvalue weighted by Gasteiger charge is 2.21. The lowest BCUT2D eigenvalue weighted by molar-refractivity contribution is 0.390. The Morgan fingerprint density at radius 3 is 3.00 bits per heavy atom. The van der Waals surface area contributed by atoms with E-state index in [1.165, 1.54) is 43.3 Å². The number of hydrogen-bond donors (Lipinski definition) is 1. The summed E-state index contributed by atoms with van der Waals surface area (Å²) in [6, 6.07) is 0. The molecule has 1 fully saturated rings. The Labute approximate surface area is 129 Å². The third kappa shape index (κ3) is 5.06. The van der Waals surface area contributed by atoms with Gasteiger partial charge >= 0.3 is 0 Å². The van der Waals surface area contributed by atoms with Crippen LogP contribution in [0, 0.1) is 17.8 Å². The topological polar surface area (TPSA) is 24.4 Å². The van der Waals surface area contributed by atoms with Crippen molar-refractivity contribution in [3.05, 3.63) is 42.1 Å². The summed E-state index contributed by atoms with van der Waals surface area (Å²) in [7, 11) is 0. The molecule has 2 aliphatic rings. The van der Waals surface area contributed by atoms with Gasteiger partial charge in [-0.2, -0.15) is 0 Å². The Morgan fingerprint density at radius 1 is 1.29 bits per heavy atom. The van der Waals surface area contributed by atoms with Crippen molar-refractivity contribution in [2.75, 3.05) is 0 Å². The highest BCUT2D eigenvalue weighted by atomic mass is 14.8. The fraction of sp³-hybridized carbons (Fsp3) is 0.579. The number of nitrogens with one attached hydrogen (secondary N) is 1. The van der Waals surface area contributed by atoms with Gasteiger partial charge in [-0.15, -0.1) is 0 Å². The minimum absolute atomic E-state index is 0.651. The summed E-state index contributed by atoms with van der Waals surface area (Å²) in [5, 5.41) is 3.23. The largest absolute Gasteiger partial charge is 0.361 e. The Bertz CT molecular complexity index is 478. The van der Waals surface area contributed by atoms with Crippen LogP contribution in [0.4, 0.5) is 0 Å². The van der Waals surface area contributed by atoms with E-state index < -0.39 is 0 Å². The van der Waals surface area contributed by atoms with Crippen LogP contribution in [-0.4, -0.2) is 6.21 Å². The predicted octanol–water partition coefficient (Wildman–Crippen LogP) is 4.97. The summed E-state index contributed by atoms with van der Waals surface area (Å²) in [6.07, 6.45) is 14.9. The van der Waals surface area contributed by atoms with Crippen molar-refractivity contribution in [2.45, 2.75) is 52.4 Å². The van der Waals surface area contributed by atoms with Crippen molar-refractivity contribution in [3.63, 3.8) is 0 Å². The van der Waals surface area contributed by atoms with Gasteiger partial charge in [0, 0.05) is 25.0 Å². The zero-order valence-electron chi connectivity index (χ0n) is 13.4. The molecule has 1 aliphatic heterocycles. The first kappa shape index (κ1) is 15.9. The molecule has 2 nitrogen and oxygen atoms in total. The van der Waals surface area contributed by atoms with Crippen LogP contribution in [0.25, 0.3) is 0 Å². The molecule has 0 aromatic carbocycles. The molecule has 114 valence electrons. The average molecular weight is 284 g/mol. The summed E-state index contributed by atoms with van der Waals surface area (Å²) in [5.74, 6) is 2.06. The van der Waals surface area contributed by atoms with Gasteiger partial charge in [0.25, 0.3) is 0 Å². The van der Waals surface area contributed by atoms with E-state index in [2.05, 4.69) is 42.7 Å². The Balaban J connectivity index is 2.11. The molecule has 3 atom stereocenters. The summed E-state index contributed by atoms with van der Waals surface area (Å²) < 4.78 is 0. The Morgan fingerprint density at radius 2 is 2.14 bits per heavy atom. The lowest BCUT2D eigenvalue weighted by Crippen LogP contribution is -2.12. The lowest BCUT2D eigenvalue weighted by atomic mass is 9.83. The lowest BCUT2D eigenvalue weighted by Gasteiger charge is -2.22. The van der Waals surface area contributed by atoms with Crippen molar-refractivity contribution < 1.29 is 0 Å². The molecule has 1 heterocycles. The van der Waals surface area contributed by atoms with Crippen LogP contribution in [0.1, 0.15) is 52.4 Å². The molecule has 2 rings (SSSR count). The second-order valence-electron chi connectivity index (χ2n) is 6.57. The van der Waals surface area contributed by atoms with Crippen LogP contribution >= 0.6 is 0 Å². The van der Waals surface area contributed by atoms with E-state index >= 15 is 0 Å². The highest BCUT2D eigenvalue weighted by Crippen LogP contribution is 2.34. The molecule has 21 heavy (non-hydrogen) atoms. The first-order valence-corrected chi connectivity index (χ1v) is 8.20. The van der Waals surface area contributed by atoms with Gasteiger partial charge < -0.3 is 5.32 Å². The monoisotopic (exact) mass is 284 g/mol. The normalized spacial score (nSPS) is 31.0. The van der Waals surface area contributed by atoms with Gasteiger partial charge in [0.2, 0.25) is 0 Å². The van der Waals surface area contributed by atoms with E-state index in [1.807, 2.05) is 12.4 Å². The third-order valence-corrected chi connectivity index (χ3v) is 4.83. The van der Waals surface area contributed by atoms with Crippen LogP contribution in [0.5, 0.6) is 0 Å². The Hall–Kier alpha value is -1.53. The number of hydrogen-bond acceptors (Lipinski definition) is 2. The molecule has 0 saturated heterocycles. The van der Waals surface area contributed by atoms with Gasteiger partial charge in [-0.1, -0.05) is 31.7 Å². The third-order valence-electron chi connectivity index (χ3n) is 4.83. The van der Waals surface area contributed by atoms with E-state index in [1.54, 1.807) is 6.20 Å². The quantitative estimate of drug-likeness (QED) is 0.533. The standard InChI is InChI=1S/C19H28N2/c1-15-5-6-16(2)17(3)7-8-18(13-15)19-9-12-20-10-4-11-21-14-19/h10-12,14-15,17-18,21H,2,5-9,13H2,1,3H3. The maximum absolute atomic E-state index is 4.28. The van der Waals surface area contributed by atoms with Crippen LogP contribution in [0.15, 0.2) is 47.0 Å². The molecule has 2 heteroatoms. The fourth-order valence-corrected chi connectivity index (χ4v) is 3.22. The molecular formula is C19H28N2. The first-order chi connectivity index (χ1) is 10.2. The van der Waals surface area contributed by atoms with Crippen LogP contribution in [0.3, 0.4) is 0 Å². The van der Waals surface area contributed by atoms with Crippen molar-refractivity contribution in [1.29, 1.82) is 0 Å². The molecule has 1 aliphatic carbocycles. The molecule has 0 aromatic rings. The van der Waals surface area contributed by atoms with Crippen molar-refractivity contribution in [3.8, 4) is 0 Å². The van der Waals surface area contributed by atoms with Crippen molar-refractivity contribution in [2.24, 2.45) is 22.7 Å². The summed E-state index contributed by atoms with van der Waals surface area (Å²) in [6.45, 7) is 9.00. The maximum atomic E-state index is 4.28. The van der Waals surface area contributed by atoms with E-state index in [0.717, 1.165) is 12.3 Å². The molecule has 0 bridgehead atoms. The van der Waals surface area contributed by atoms with Gasteiger partial charge in [0.05, 0.1) is 6.20 Å². The van der Waals surface area contributed by atoms with Gasteiger partial charge in [0.1, 0.15) is 0 Å². The highest BCUT2D eigenvalue weighted by molar-refractivity contribution is 5.62. The molecule has 1 N–H and O–H groups in total. The minimum atomic E-state index is 0.651. The number of aliphatic imine (C=N–C) groups is 1. The van der Waals surface area contributed by atoms with Gasteiger partial charge in [-0.05, 0) is 55.4 Å². The van der Waals surface area contributed by atoms with E-state index in [0.29, 0.717) is 11.8 Å². The number of allylic oxidation sites excluding steroid dienone is 2. The van der Waals surface area contributed by atoms with Crippen molar-refractivity contribution in [1.82, 2.24) is 5.32 Å². The molecular weight excluding hydrogens is 256 g/mol. The first-order valence-electron chi connectivity index (χ1n) is 8.20. The SMILES string of the molecule is C=C1CCC(C)CC(C2=CNC=C=CN=CC2)CCC1C. The summed E-state index contributed by atoms with van der Waals surface area (Å²) >= 11 is 0. The average Bonchev–Trinajstić information content (AvgIpc) is 2.64. The molecule has 3 unspecified atom stereocenters. The van der Waals surface area contributed by atoms with Gasteiger partial charge in [-0.25, -0.2) is 0 Å².